The van der Waals surface area contributed by atoms with E-state index in [9.17, 15) is 9.90 Å². The molecule has 12 heavy (non-hydrogen) atoms. The van der Waals surface area contributed by atoms with Gasteiger partial charge in [0.1, 0.15) is 5.78 Å². The van der Waals surface area contributed by atoms with E-state index in [-0.39, 0.29) is 12.2 Å². The Hall–Kier alpha value is -1.22. The number of nitrogens with one attached hydrogen (secondary N) is 1. The molecule has 1 aromatic heterocycles. The minimum atomic E-state index is -0.669. The van der Waals surface area contributed by atoms with Crippen molar-refractivity contribution in [1.29, 1.82) is 0 Å². The number of rotatable bonds is 3. The summed E-state index contributed by atoms with van der Waals surface area (Å²) < 4.78 is 0. The molecular formula is C9H12NO2+. The third-order valence-electron chi connectivity index (χ3n) is 1.61. The zero-order chi connectivity index (χ0) is 8.97. The molecule has 1 aromatic rings. The lowest BCUT2D eigenvalue weighted by atomic mass is 10.1. The Morgan fingerprint density at radius 1 is 1.58 bits per heavy atom. The maximum Gasteiger partial charge on any atom is 0.167 e. The van der Waals surface area contributed by atoms with Crippen LogP contribution in [0.2, 0.25) is 0 Å². The lowest BCUT2D eigenvalue weighted by Crippen LogP contribution is -2.06. The molecule has 0 radical (unpaired) electrons. The molecule has 0 aromatic carbocycles. The van der Waals surface area contributed by atoms with Crippen molar-refractivity contribution in [2.24, 2.45) is 0 Å². The Morgan fingerprint density at radius 2 is 2.17 bits per heavy atom. The van der Waals surface area contributed by atoms with E-state index in [1.54, 1.807) is 24.5 Å². The molecule has 3 nitrogen and oxygen atoms in total. The second-order valence-corrected chi connectivity index (χ2v) is 2.76. The highest BCUT2D eigenvalue weighted by atomic mass is 16.3. The van der Waals surface area contributed by atoms with Gasteiger partial charge in [-0.1, -0.05) is 0 Å². The van der Waals surface area contributed by atoms with Crippen LogP contribution < -0.4 is 4.98 Å². The smallest absolute Gasteiger partial charge is 0.167 e. The second-order valence-electron chi connectivity index (χ2n) is 2.76. The zero-order valence-electron chi connectivity index (χ0n) is 6.95. The van der Waals surface area contributed by atoms with E-state index >= 15 is 0 Å². The third-order valence-corrected chi connectivity index (χ3v) is 1.61. The van der Waals surface area contributed by atoms with Crippen LogP contribution in [0.5, 0.6) is 0 Å². The van der Waals surface area contributed by atoms with Crippen LogP contribution in [0.4, 0.5) is 0 Å². The molecule has 0 saturated carbocycles. The van der Waals surface area contributed by atoms with Gasteiger partial charge in [0, 0.05) is 18.6 Å². The van der Waals surface area contributed by atoms with Gasteiger partial charge in [0.05, 0.1) is 6.10 Å². The number of aromatic amines is 1. The van der Waals surface area contributed by atoms with Crippen LogP contribution in [0.25, 0.3) is 0 Å². The summed E-state index contributed by atoms with van der Waals surface area (Å²) in [6.07, 6.45) is 2.96. The van der Waals surface area contributed by atoms with Crippen molar-refractivity contribution >= 4 is 5.78 Å². The molecule has 0 aliphatic rings. The van der Waals surface area contributed by atoms with E-state index in [1.165, 1.54) is 6.92 Å². The van der Waals surface area contributed by atoms with Gasteiger partial charge in [0.15, 0.2) is 12.4 Å². The quantitative estimate of drug-likeness (QED) is 0.711. The Labute approximate surface area is 71.1 Å². The molecule has 0 aliphatic carbocycles. The van der Waals surface area contributed by atoms with Gasteiger partial charge in [-0.3, -0.25) is 4.79 Å². The van der Waals surface area contributed by atoms with Crippen LogP contribution in [0, 0.1) is 0 Å². The van der Waals surface area contributed by atoms with Crippen molar-refractivity contribution in [3.8, 4) is 0 Å². The number of carbonyl (C=O) groups is 1. The molecule has 3 heteroatoms. The molecule has 0 fully saturated rings. The fourth-order valence-corrected chi connectivity index (χ4v) is 1.01. The number of aliphatic hydroxyl groups excluding tert-OH is 1. The van der Waals surface area contributed by atoms with Gasteiger partial charge in [-0.2, -0.15) is 0 Å². The van der Waals surface area contributed by atoms with E-state index in [2.05, 4.69) is 4.98 Å². The summed E-state index contributed by atoms with van der Waals surface area (Å²) in [7, 11) is 0. The van der Waals surface area contributed by atoms with Crippen molar-refractivity contribution in [3.63, 3.8) is 0 Å². The van der Waals surface area contributed by atoms with Crippen molar-refractivity contribution in [2.45, 2.75) is 19.4 Å². The number of pyridine rings is 1. The number of ketones is 1. The normalized spacial score (nSPS) is 12.5. The maximum atomic E-state index is 10.7. The topological polar surface area (TPSA) is 51.4 Å². The lowest BCUT2D eigenvalue weighted by Gasteiger charge is -2.05. The molecule has 0 aliphatic heterocycles. The predicted molar refractivity (Wildman–Crippen MR) is 43.3 cm³/mol. The third kappa shape index (κ3) is 2.43. The first kappa shape index (κ1) is 8.87. The first-order valence-electron chi connectivity index (χ1n) is 3.83. The molecule has 0 unspecified atom stereocenters. The second kappa shape index (κ2) is 3.97. The van der Waals surface area contributed by atoms with Gasteiger partial charge in [-0.25, -0.2) is 4.98 Å². The monoisotopic (exact) mass is 166 g/mol. The largest absolute Gasteiger partial charge is 0.388 e. The van der Waals surface area contributed by atoms with Crippen molar-refractivity contribution in [1.82, 2.24) is 0 Å². The van der Waals surface area contributed by atoms with Crippen LogP contribution >= 0.6 is 0 Å². The molecular weight excluding hydrogens is 154 g/mol. The van der Waals surface area contributed by atoms with Gasteiger partial charge in [0.25, 0.3) is 0 Å². The van der Waals surface area contributed by atoms with Crippen LogP contribution in [0.15, 0.2) is 24.5 Å². The Bertz CT molecular complexity index is 258. The number of hydrogen-bond donors (Lipinski definition) is 1. The highest BCUT2D eigenvalue weighted by Gasteiger charge is 2.09. The molecule has 1 heterocycles. The minimum absolute atomic E-state index is 0.00432. The van der Waals surface area contributed by atoms with Gasteiger partial charge < -0.3 is 5.11 Å². The molecule has 0 amide bonds. The Balaban J connectivity index is 2.65. The maximum absolute atomic E-state index is 10.7. The van der Waals surface area contributed by atoms with Crippen LogP contribution in [0.1, 0.15) is 25.0 Å². The lowest BCUT2D eigenvalue weighted by molar-refractivity contribution is -0.378. The van der Waals surface area contributed by atoms with E-state index in [1.807, 2.05) is 0 Å². The summed E-state index contributed by atoms with van der Waals surface area (Å²) in [6.45, 7) is 1.47. The summed E-state index contributed by atoms with van der Waals surface area (Å²) >= 11 is 0. The van der Waals surface area contributed by atoms with E-state index < -0.39 is 6.10 Å². The fraction of sp³-hybridized carbons (Fsp3) is 0.333. The van der Waals surface area contributed by atoms with E-state index in [0.29, 0.717) is 0 Å². The van der Waals surface area contributed by atoms with E-state index in [0.717, 1.165) is 5.56 Å². The van der Waals surface area contributed by atoms with E-state index in [4.69, 9.17) is 0 Å². The molecule has 0 saturated heterocycles. The summed E-state index contributed by atoms with van der Waals surface area (Å²) in [6, 6.07) is 3.52. The van der Waals surface area contributed by atoms with Crippen molar-refractivity contribution in [3.05, 3.63) is 30.1 Å². The highest BCUT2D eigenvalue weighted by molar-refractivity contribution is 5.76. The highest BCUT2D eigenvalue weighted by Crippen LogP contribution is 2.14. The summed E-state index contributed by atoms with van der Waals surface area (Å²) in [5.41, 5.74) is 0.768. The van der Waals surface area contributed by atoms with Gasteiger partial charge in [-0.15, -0.1) is 0 Å². The SMILES string of the molecule is CC(=O)C[C@@H](O)c1cc[nH+]cc1. The number of Topliss-reactive ketones (excluding diaryl/α,β-unsaturated/α-hetero) is 1. The van der Waals surface area contributed by atoms with Gasteiger partial charge in [-0.05, 0) is 12.5 Å². The van der Waals surface area contributed by atoms with Crippen LogP contribution in [0.3, 0.4) is 0 Å². The predicted octanol–water partition coefficient (Wildman–Crippen LogP) is 0.513. The summed E-state index contributed by atoms with van der Waals surface area (Å²) in [5.74, 6) is -0.00432. The van der Waals surface area contributed by atoms with Gasteiger partial charge in [0.2, 0.25) is 0 Å². The first-order chi connectivity index (χ1) is 5.70. The summed E-state index contributed by atoms with van der Waals surface area (Å²) in [5, 5.41) is 9.46. The molecule has 1 atom stereocenters. The average molecular weight is 166 g/mol. The molecule has 64 valence electrons. The first-order valence-corrected chi connectivity index (χ1v) is 3.83. The zero-order valence-corrected chi connectivity index (χ0v) is 6.95. The molecule has 2 N–H and O–H groups in total. The number of carbonyl (C=O) groups excluding carboxylic acids is 1. The average Bonchev–Trinajstić information content (AvgIpc) is 2.05. The van der Waals surface area contributed by atoms with Crippen LogP contribution in [-0.2, 0) is 4.79 Å². The van der Waals surface area contributed by atoms with Gasteiger partial charge >= 0.3 is 0 Å². The Morgan fingerprint density at radius 3 is 2.67 bits per heavy atom. The number of hydrogen-bond acceptors (Lipinski definition) is 2. The van der Waals surface area contributed by atoms with Crippen LogP contribution in [-0.4, -0.2) is 10.9 Å². The number of aromatic nitrogens is 1. The molecule has 0 spiro atoms. The number of aliphatic hydroxyl groups is 1. The molecule has 1 rings (SSSR count). The van der Waals surface area contributed by atoms with Crippen molar-refractivity contribution < 1.29 is 14.9 Å². The Kier molecular flexibility index (Phi) is 2.94. The fourth-order valence-electron chi connectivity index (χ4n) is 1.01. The van der Waals surface area contributed by atoms with Crippen molar-refractivity contribution in [2.75, 3.05) is 0 Å². The molecule has 0 bridgehead atoms. The minimum Gasteiger partial charge on any atom is -0.388 e. The number of H-pyrrole nitrogens is 1. The summed E-state index contributed by atoms with van der Waals surface area (Å²) in [4.78, 5) is 13.5. The standard InChI is InChI=1S/C9H11NO2/c1-7(11)6-9(12)8-2-4-10-5-3-8/h2-5,9,12H,6H2,1H3/p+1/t9-/m1/s1.